The van der Waals surface area contributed by atoms with Crippen LogP contribution in [0, 0.1) is 64.6 Å². The van der Waals surface area contributed by atoms with Crippen LogP contribution in [0.4, 0.5) is 0 Å². The van der Waals surface area contributed by atoms with Gasteiger partial charge in [0.05, 0.1) is 0 Å². The van der Waals surface area contributed by atoms with E-state index in [4.69, 9.17) is 0 Å². The van der Waals surface area contributed by atoms with Crippen LogP contribution < -0.4 is 0 Å². The van der Waals surface area contributed by atoms with Crippen molar-refractivity contribution in [1.29, 1.82) is 0 Å². The van der Waals surface area contributed by atoms with Crippen molar-refractivity contribution < 1.29 is 0 Å². The van der Waals surface area contributed by atoms with E-state index in [9.17, 15) is 0 Å². The van der Waals surface area contributed by atoms with Crippen LogP contribution in [0.3, 0.4) is 0 Å². The highest BCUT2D eigenvalue weighted by molar-refractivity contribution is 5.25. The van der Waals surface area contributed by atoms with Crippen LogP contribution in [0.25, 0.3) is 0 Å². The van der Waals surface area contributed by atoms with Crippen LogP contribution in [0.1, 0.15) is 209 Å². The van der Waals surface area contributed by atoms with Gasteiger partial charge in [-0.25, -0.2) is 0 Å². The molecule has 4 aliphatic carbocycles. The van der Waals surface area contributed by atoms with Gasteiger partial charge in [-0.15, -0.1) is 0 Å². The van der Waals surface area contributed by atoms with Crippen LogP contribution in [0.5, 0.6) is 0 Å². The lowest BCUT2D eigenvalue weighted by Crippen LogP contribution is -2.50. The summed E-state index contributed by atoms with van der Waals surface area (Å²) in [5.74, 6) is 7.48. The number of rotatable bonds is 21. The molecule has 4 rings (SSSR count). The Kier molecular flexibility index (Phi) is 15.4. The predicted octanol–water partition coefficient (Wildman–Crippen LogP) is 15.0. The van der Waals surface area contributed by atoms with Crippen LogP contribution in [-0.4, -0.2) is 0 Å². The highest BCUT2D eigenvalue weighted by atomic mass is 14.6. The van der Waals surface area contributed by atoms with Gasteiger partial charge in [-0.05, 0) is 122 Å². The monoisotopic (exact) mass is 622 g/mol. The van der Waals surface area contributed by atoms with Crippen LogP contribution in [0.2, 0.25) is 0 Å². The summed E-state index contributed by atoms with van der Waals surface area (Å²) in [6.07, 6.45) is 42.2. The smallest absolute Gasteiger partial charge is 0.00851 e. The molecule has 8 atom stereocenters. The second-order valence-corrected chi connectivity index (χ2v) is 18.7. The first kappa shape index (κ1) is 37.6. The Morgan fingerprint density at radius 3 is 1.89 bits per heavy atom. The second kappa shape index (κ2) is 18.5. The van der Waals surface area contributed by atoms with E-state index in [0.29, 0.717) is 10.8 Å². The molecule has 0 heteroatoms. The number of fused-ring (bicyclic) bond motifs is 5. The van der Waals surface area contributed by atoms with Gasteiger partial charge in [0.25, 0.3) is 0 Å². The molecule has 0 N–H and O–H groups in total. The maximum absolute atomic E-state index is 2.82. The largest absolute Gasteiger partial charge is 0.0845 e. The first-order chi connectivity index (χ1) is 21.6. The van der Waals surface area contributed by atoms with Gasteiger partial charge in [0.1, 0.15) is 0 Å². The van der Waals surface area contributed by atoms with Crippen molar-refractivity contribution in [1.82, 2.24) is 0 Å². The average Bonchev–Trinajstić information content (AvgIpc) is 3.36. The molecule has 261 valence electrons. The maximum atomic E-state index is 2.82. The molecule has 0 amide bonds. The van der Waals surface area contributed by atoms with Crippen molar-refractivity contribution in [2.24, 2.45) is 58.2 Å². The van der Waals surface area contributed by atoms with E-state index in [1.165, 1.54) is 161 Å². The Bertz CT molecular complexity index is 848. The molecule has 0 aromatic rings. The van der Waals surface area contributed by atoms with Crippen LogP contribution in [0.15, 0.2) is 11.6 Å². The molecule has 0 bridgehead atoms. The molecule has 3 fully saturated rings. The molecule has 0 aliphatic heterocycles. The molecule has 0 aromatic heterocycles. The fourth-order valence-electron chi connectivity index (χ4n) is 11.7. The molecule has 4 unspecified atom stereocenters. The Hall–Kier alpha value is -0.260. The lowest BCUT2D eigenvalue weighted by molar-refractivity contribution is -0.0520. The number of allylic oxidation sites excluding steroid dienone is 2. The molecule has 1 radical (unpaired) electrons. The van der Waals surface area contributed by atoms with Crippen molar-refractivity contribution in [3.05, 3.63) is 18.1 Å². The molecule has 0 aromatic carbocycles. The Balaban J connectivity index is 1.10. The SMILES string of the molecule is CC(C)CCCCCCCCCCCCCC[CH]C1CC[C@@]2(C)C(=CCC3C2CC[C@@]2(C)C3CC[C@@H]2[C@H](C)CCCC(C)C)C1. The lowest BCUT2D eigenvalue weighted by Gasteiger charge is -2.58. The van der Waals surface area contributed by atoms with Gasteiger partial charge in [0, 0.05) is 0 Å². The van der Waals surface area contributed by atoms with Gasteiger partial charge < -0.3 is 0 Å². The van der Waals surface area contributed by atoms with E-state index in [0.717, 1.165) is 47.3 Å². The van der Waals surface area contributed by atoms with E-state index < -0.39 is 0 Å². The Morgan fingerprint density at radius 2 is 1.24 bits per heavy atom. The van der Waals surface area contributed by atoms with Gasteiger partial charge >= 0.3 is 0 Å². The van der Waals surface area contributed by atoms with Gasteiger partial charge in [0.15, 0.2) is 0 Å². The summed E-state index contributed by atoms with van der Waals surface area (Å²) in [5, 5.41) is 0. The first-order valence-corrected chi connectivity index (χ1v) is 21.2. The van der Waals surface area contributed by atoms with Crippen molar-refractivity contribution in [2.45, 2.75) is 209 Å². The normalized spacial score (nSPS) is 33.6. The van der Waals surface area contributed by atoms with Crippen molar-refractivity contribution in [3.63, 3.8) is 0 Å². The highest BCUT2D eigenvalue weighted by Gasteiger charge is 2.59. The number of hydrogen-bond acceptors (Lipinski definition) is 0. The zero-order chi connectivity index (χ0) is 32.3. The Morgan fingerprint density at radius 1 is 0.644 bits per heavy atom. The van der Waals surface area contributed by atoms with Crippen molar-refractivity contribution in [2.75, 3.05) is 0 Å². The maximum Gasteiger partial charge on any atom is -0.00851 e. The summed E-state index contributed by atoms with van der Waals surface area (Å²) in [6.45, 7) is 17.6. The van der Waals surface area contributed by atoms with Gasteiger partial charge in [-0.2, -0.15) is 0 Å². The summed E-state index contributed by atoms with van der Waals surface area (Å²) >= 11 is 0. The minimum atomic E-state index is 0.517. The summed E-state index contributed by atoms with van der Waals surface area (Å²) in [5.41, 5.74) is 3.04. The van der Waals surface area contributed by atoms with E-state index in [1.807, 2.05) is 5.57 Å². The molecule has 0 saturated heterocycles. The van der Waals surface area contributed by atoms with Crippen molar-refractivity contribution >= 4 is 0 Å². The first-order valence-electron chi connectivity index (χ1n) is 21.2. The van der Waals surface area contributed by atoms with E-state index in [2.05, 4.69) is 61.0 Å². The summed E-state index contributed by atoms with van der Waals surface area (Å²) < 4.78 is 0. The standard InChI is InChI=1S/C45H81/c1-35(2)22-19-17-15-13-11-9-8-10-12-14-16-18-20-25-38-30-32-44(6)39(34-38)26-27-40-42-29-28-41(37(5)24-21-23-36(3)4)45(42,7)33-31-43(40)44/h25-26,35-38,40-43H,8-24,27-34H2,1-7H3/t37-,38?,40?,41-,42?,43?,44+,45-/m1/s1. The van der Waals surface area contributed by atoms with E-state index in [-0.39, 0.29) is 0 Å². The molecular formula is C45H81. The summed E-state index contributed by atoms with van der Waals surface area (Å²) in [4.78, 5) is 0. The fourth-order valence-corrected chi connectivity index (χ4v) is 11.7. The number of unbranched alkanes of at least 4 members (excludes halogenated alkanes) is 12. The fraction of sp³-hybridized carbons (Fsp3) is 0.933. The van der Waals surface area contributed by atoms with Crippen molar-refractivity contribution in [3.8, 4) is 0 Å². The van der Waals surface area contributed by atoms with Gasteiger partial charge in [0.2, 0.25) is 0 Å². The average molecular weight is 622 g/mol. The minimum Gasteiger partial charge on any atom is -0.0845 e. The third kappa shape index (κ3) is 10.4. The lowest BCUT2D eigenvalue weighted by atomic mass is 9.46. The summed E-state index contributed by atoms with van der Waals surface area (Å²) in [7, 11) is 0. The van der Waals surface area contributed by atoms with Crippen LogP contribution >= 0.6 is 0 Å². The predicted molar refractivity (Wildman–Crippen MR) is 200 cm³/mol. The highest BCUT2D eigenvalue weighted by Crippen LogP contribution is 2.67. The summed E-state index contributed by atoms with van der Waals surface area (Å²) in [6, 6.07) is 0. The zero-order valence-electron chi connectivity index (χ0n) is 32.0. The van der Waals surface area contributed by atoms with Gasteiger partial charge in [-0.3, -0.25) is 0 Å². The minimum absolute atomic E-state index is 0.517. The molecular weight excluding hydrogens is 540 g/mol. The van der Waals surface area contributed by atoms with Crippen LogP contribution in [-0.2, 0) is 0 Å². The molecule has 3 saturated carbocycles. The Labute approximate surface area is 284 Å². The molecule has 4 aliphatic rings. The van der Waals surface area contributed by atoms with Gasteiger partial charge in [-0.1, -0.05) is 163 Å². The molecule has 0 spiro atoms. The third-order valence-corrected chi connectivity index (χ3v) is 14.6. The second-order valence-electron chi connectivity index (χ2n) is 18.7. The van der Waals surface area contributed by atoms with E-state index in [1.54, 1.807) is 0 Å². The zero-order valence-corrected chi connectivity index (χ0v) is 32.0. The molecule has 0 heterocycles. The molecule has 45 heavy (non-hydrogen) atoms. The topological polar surface area (TPSA) is 0 Å². The number of hydrogen-bond donors (Lipinski definition) is 0. The molecule has 0 nitrogen and oxygen atoms in total. The van der Waals surface area contributed by atoms with E-state index >= 15 is 0 Å². The third-order valence-electron chi connectivity index (χ3n) is 14.6. The quantitative estimate of drug-likeness (QED) is 0.0883.